The normalized spacial score (nSPS) is 13.0. The molecule has 0 amide bonds. The van der Waals surface area contributed by atoms with E-state index in [1.165, 1.54) is 55.9 Å². The second-order valence-corrected chi connectivity index (χ2v) is 11.4. The third kappa shape index (κ3) is 6.10. The molecule has 0 radical (unpaired) electrons. The van der Waals surface area contributed by atoms with Gasteiger partial charge in [0.1, 0.15) is 16.7 Å². The highest BCUT2D eigenvalue weighted by Gasteiger charge is 2.31. The Balaban J connectivity index is 1.88. The van der Waals surface area contributed by atoms with Gasteiger partial charge >= 0.3 is 0 Å². The van der Waals surface area contributed by atoms with Gasteiger partial charge in [-0.3, -0.25) is 4.98 Å². The van der Waals surface area contributed by atoms with E-state index in [0.717, 1.165) is 0 Å². The number of rotatable bonds is 10. The molecular weight excluding hydrogens is 464 g/mol. The van der Waals surface area contributed by atoms with E-state index < -0.39 is 25.1 Å². The zero-order valence-corrected chi connectivity index (χ0v) is 20.1. The lowest BCUT2D eigenvalue weighted by atomic mass is 10.2. The van der Waals surface area contributed by atoms with Crippen molar-refractivity contribution in [2.45, 2.75) is 35.0 Å². The van der Waals surface area contributed by atoms with Crippen LogP contribution in [0.5, 0.6) is 11.5 Å². The van der Waals surface area contributed by atoms with E-state index in [1.807, 2.05) is 13.8 Å². The minimum Gasteiger partial charge on any atom is -0.497 e. The van der Waals surface area contributed by atoms with Gasteiger partial charge in [0.05, 0.1) is 23.0 Å². The molecule has 3 rings (SSSR count). The average molecular weight is 491 g/mol. The van der Waals surface area contributed by atoms with Gasteiger partial charge in [-0.1, -0.05) is 6.07 Å². The van der Waals surface area contributed by atoms with Crippen LogP contribution in [0.4, 0.5) is 0 Å². The molecule has 2 aromatic carbocycles. The number of nitrogens with one attached hydrogen (secondary N) is 1. The first kappa shape index (κ1) is 24.7. The number of nitrogens with zero attached hydrogens (tertiary/aromatic N) is 1. The lowest BCUT2D eigenvalue weighted by Gasteiger charge is -2.19. The molecule has 1 atom stereocenters. The average Bonchev–Trinajstić information content (AvgIpc) is 2.79. The highest BCUT2D eigenvalue weighted by Crippen LogP contribution is 2.30. The van der Waals surface area contributed by atoms with Crippen LogP contribution in [0.3, 0.4) is 0 Å². The smallest absolute Gasteiger partial charge is 0.240 e. The van der Waals surface area contributed by atoms with Crippen molar-refractivity contribution in [1.82, 2.24) is 9.71 Å². The summed E-state index contributed by atoms with van der Waals surface area (Å²) in [6, 6.07) is 15.1. The lowest BCUT2D eigenvalue weighted by molar-refractivity contribution is 0.242. The molecule has 0 saturated carbocycles. The number of benzene rings is 2. The van der Waals surface area contributed by atoms with Crippen LogP contribution in [0.15, 0.2) is 82.8 Å². The van der Waals surface area contributed by atoms with E-state index in [4.69, 9.17) is 9.47 Å². The molecule has 176 valence electrons. The minimum atomic E-state index is -3.97. The number of aromatic nitrogens is 1. The van der Waals surface area contributed by atoms with Gasteiger partial charge in [-0.2, -0.15) is 0 Å². The third-order valence-electron chi connectivity index (χ3n) is 4.78. The van der Waals surface area contributed by atoms with Crippen LogP contribution in [-0.2, 0) is 19.9 Å². The Bertz CT molecular complexity index is 1260. The zero-order chi connectivity index (χ0) is 24.1. The number of ether oxygens (including phenoxy) is 2. The predicted octanol–water partition coefficient (Wildman–Crippen LogP) is 3.37. The minimum absolute atomic E-state index is 0.00499. The van der Waals surface area contributed by atoms with Crippen LogP contribution in [0, 0.1) is 0 Å². The first-order chi connectivity index (χ1) is 15.6. The van der Waals surface area contributed by atoms with E-state index in [0.29, 0.717) is 17.1 Å². The van der Waals surface area contributed by atoms with Crippen LogP contribution in [0.1, 0.15) is 24.7 Å². The number of pyridine rings is 1. The molecule has 3 aromatic rings. The molecule has 0 saturated heterocycles. The Morgan fingerprint density at radius 2 is 1.48 bits per heavy atom. The van der Waals surface area contributed by atoms with Crippen molar-refractivity contribution in [3.8, 4) is 11.5 Å². The summed E-state index contributed by atoms with van der Waals surface area (Å²) in [6.45, 7) is 3.37. The number of hydrogen-bond donors (Lipinski definition) is 1. The maximum absolute atomic E-state index is 13.4. The first-order valence-corrected chi connectivity index (χ1v) is 13.2. The fourth-order valence-electron chi connectivity index (χ4n) is 3.14. The van der Waals surface area contributed by atoms with Crippen molar-refractivity contribution in [1.29, 1.82) is 0 Å². The van der Waals surface area contributed by atoms with Gasteiger partial charge in [-0.25, -0.2) is 21.6 Å². The predicted molar refractivity (Wildman–Crippen MR) is 125 cm³/mol. The highest BCUT2D eigenvalue weighted by atomic mass is 32.2. The van der Waals surface area contributed by atoms with Gasteiger partial charge in [0, 0.05) is 18.9 Å². The Morgan fingerprint density at radius 1 is 0.879 bits per heavy atom. The van der Waals surface area contributed by atoms with Crippen molar-refractivity contribution in [2.75, 3.05) is 13.7 Å². The molecule has 10 heteroatoms. The Labute approximate surface area is 194 Å². The van der Waals surface area contributed by atoms with E-state index in [9.17, 15) is 16.8 Å². The molecule has 8 nitrogen and oxygen atoms in total. The van der Waals surface area contributed by atoms with Gasteiger partial charge in [0.2, 0.25) is 10.0 Å². The molecule has 33 heavy (non-hydrogen) atoms. The van der Waals surface area contributed by atoms with Crippen molar-refractivity contribution in [3.63, 3.8) is 0 Å². The Hall–Kier alpha value is -2.95. The van der Waals surface area contributed by atoms with E-state index in [1.54, 1.807) is 24.3 Å². The fourth-order valence-corrected chi connectivity index (χ4v) is 5.94. The van der Waals surface area contributed by atoms with Gasteiger partial charge < -0.3 is 9.47 Å². The molecule has 0 aliphatic carbocycles. The summed E-state index contributed by atoms with van der Waals surface area (Å²) >= 11 is 0. The second-order valence-electron chi connectivity index (χ2n) is 7.49. The lowest BCUT2D eigenvalue weighted by Crippen LogP contribution is -2.32. The molecule has 1 N–H and O–H groups in total. The van der Waals surface area contributed by atoms with Gasteiger partial charge in [0.15, 0.2) is 9.84 Å². The maximum Gasteiger partial charge on any atom is 0.240 e. The molecule has 0 unspecified atom stereocenters. The summed E-state index contributed by atoms with van der Waals surface area (Å²) in [5, 5.41) is -1.18. The molecule has 0 aliphatic heterocycles. The van der Waals surface area contributed by atoms with E-state index in [-0.39, 0.29) is 22.4 Å². The summed E-state index contributed by atoms with van der Waals surface area (Å²) in [6.07, 6.45) is 2.89. The van der Waals surface area contributed by atoms with E-state index in [2.05, 4.69) is 9.71 Å². The molecule has 1 heterocycles. The quantitative estimate of drug-likeness (QED) is 0.464. The Kier molecular flexibility index (Phi) is 7.72. The zero-order valence-electron chi connectivity index (χ0n) is 18.5. The number of hydrogen-bond acceptors (Lipinski definition) is 7. The second kappa shape index (κ2) is 10.3. The maximum atomic E-state index is 13.4. The van der Waals surface area contributed by atoms with Crippen molar-refractivity contribution in [2.24, 2.45) is 0 Å². The SMILES string of the molecule is COc1ccc(S(=O)(=O)[C@H](CNS(=O)(=O)c2ccc(OC(C)C)cc2)c2cccnc2)cc1. The molecule has 0 fully saturated rings. The summed E-state index contributed by atoms with van der Waals surface area (Å²) < 4.78 is 65.6. The number of sulfonamides is 1. The molecular formula is C23H26N2O6S2. The van der Waals surface area contributed by atoms with Crippen molar-refractivity contribution in [3.05, 3.63) is 78.6 Å². The summed E-state index contributed by atoms with van der Waals surface area (Å²) in [5.41, 5.74) is 0.372. The van der Waals surface area contributed by atoms with Crippen LogP contribution in [0.25, 0.3) is 0 Å². The fraction of sp³-hybridized carbons (Fsp3) is 0.261. The molecule has 0 bridgehead atoms. The molecule has 0 aliphatic rings. The van der Waals surface area contributed by atoms with Crippen LogP contribution < -0.4 is 14.2 Å². The van der Waals surface area contributed by atoms with Crippen LogP contribution in [0.2, 0.25) is 0 Å². The topological polar surface area (TPSA) is 112 Å². The highest BCUT2D eigenvalue weighted by molar-refractivity contribution is 7.92. The van der Waals surface area contributed by atoms with Crippen LogP contribution in [-0.4, -0.2) is 41.6 Å². The standard InChI is InChI=1S/C23H26N2O6S2/c1-17(2)31-20-8-12-22(13-9-20)33(28,29)25-16-23(18-5-4-14-24-15-18)32(26,27)21-10-6-19(30-3)7-11-21/h4-15,17,23,25H,16H2,1-3H3/t23-/m1/s1. The molecule has 1 aromatic heterocycles. The van der Waals surface area contributed by atoms with Gasteiger partial charge in [0.25, 0.3) is 0 Å². The van der Waals surface area contributed by atoms with Gasteiger partial charge in [-0.05, 0) is 74.0 Å². The monoisotopic (exact) mass is 490 g/mol. The van der Waals surface area contributed by atoms with E-state index >= 15 is 0 Å². The summed E-state index contributed by atoms with van der Waals surface area (Å²) in [7, 11) is -6.43. The largest absolute Gasteiger partial charge is 0.497 e. The van der Waals surface area contributed by atoms with Crippen molar-refractivity contribution < 1.29 is 26.3 Å². The third-order valence-corrected chi connectivity index (χ3v) is 8.34. The van der Waals surface area contributed by atoms with Gasteiger partial charge in [-0.15, -0.1) is 0 Å². The Morgan fingerprint density at radius 3 is 2.03 bits per heavy atom. The number of sulfone groups is 1. The summed E-state index contributed by atoms with van der Waals surface area (Å²) in [5.74, 6) is 1.05. The van der Waals surface area contributed by atoms with Crippen LogP contribution >= 0.6 is 0 Å². The molecule has 0 spiro atoms. The first-order valence-electron chi connectivity index (χ1n) is 10.2. The summed E-state index contributed by atoms with van der Waals surface area (Å²) in [4.78, 5) is 4.05. The van der Waals surface area contributed by atoms with Crippen molar-refractivity contribution >= 4 is 19.9 Å². The number of methoxy groups -OCH3 is 1.